The summed E-state index contributed by atoms with van der Waals surface area (Å²) in [6.45, 7) is 3.45. The van der Waals surface area contributed by atoms with Crippen molar-refractivity contribution in [3.8, 4) is 11.3 Å². The Morgan fingerprint density at radius 1 is 0.964 bits per heavy atom. The zero-order valence-electron chi connectivity index (χ0n) is 15.3. The van der Waals surface area contributed by atoms with E-state index in [9.17, 15) is 0 Å². The first-order valence-corrected chi connectivity index (χ1v) is 10.2. The number of nitrogens with zero attached hydrogens (tertiary/aromatic N) is 3. The SMILES string of the molecule is c1ccc2c(-c3ccnc(Nc4ccc(N5CCOCC5)cc4)n3)csc2c1. The molecule has 1 aliphatic rings. The summed E-state index contributed by atoms with van der Waals surface area (Å²) in [5, 5.41) is 6.71. The molecule has 2 aromatic heterocycles. The summed E-state index contributed by atoms with van der Waals surface area (Å²) < 4.78 is 6.69. The van der Waals surface area contributed by atoms with E-state index >= 15 is 0 Å². The van der Waals surface area contributed by atoms with E-state index in [4.69, 9.17) is 9.72 Å². The molecule has 4 aromatic rings. The highest BCUT2D eigenvalue weighted by Gasteiger charge is 2.11. The molecule has 0 aliphatic carbocycles. The van der Waals surface area contributed by atoms with Gasteiger partial charge in [-0.15, -0.1) is 11.3 Å². The fourth-order valence-electron chi connectivity index (χ4n) is 3.45. The van der Waals surface area contributed by atoms with Gasteiger partial charge in [0, 0.05) is 51.7 Å². The predicted molar refractivity (Wildman–Crippen MR) is 116 cm³/mol. The van der Waals surface area contributed by atoms with Crippen LogP contribution in [-0.4, -0.2) is 36.3 Å². The first-order valence-electron chi connectivity index (χ1n) is 9.36. The second kappa shape index (κ2) is 7.58. The van der Waals surface area contributed by atoms with Gasteiger partial charge in [-0.3, -0.25) is 0 Å². The molecule has 2 aromatic carbocycles. The molecular weight excluding hydrogens is 368 g/mol. The molecular formula is C22H20N4OS. The van der Waals surface area contributed by atoms with Crippen molar-refractivity contribution in [1.29, 1.82) is 0 Å². The van der Waals surface area contributed by atoms with Crippen LogP contribution >= 0.6 is 11.3 Å². The lowest BCUT2D eigenvalue weighted by atomic mass is 10.1. The van der Waals surface area contributed by atoms with Crippen molar-refractivity contribution < 1.29 is 4.74 Å². The first kappa shape index (κ1) is 17.2. The standard InChI is InChI=1S/C22H20N4OS/c1-2-4-21-18(3-1)19(15-28-21)20-9-10-23-22(25-20)24-16-5-7-17(8-6-16)26-11-13-27-14-12-26/h1-10,15H,11-14H2,(H,23,24,25). The second-order valence-electron chi connectivity index (χ2n) is 6.68. The van der Waals surface area contributed by atoms with Crippen LogP contribution in [0.1, 0.15) is 0 Å². The third kappa shape index (κ3) is 3.44. The summed E-state index contributed by atoms with van der Waals surface area (Å²) in [4.78, 5) is 11.5. The van der Waals surface area contributed by atoms with Crippen molar-refractivity contribution in [1.82, 2.24) is 9.97 Å². The summed E-state index contributed by atoms with van der Waals surface area (Å²) in [6, 6.07) is 18.8. The summed E-state index contributed by atoms with van der Waals surface area (Å²) in [6.07, 6.45) is 1.80. The minimum absolute atomic E-state index is 0.604. The van der Waals surface area contributed by atoms with Crippen molar-refractivity contribution in [2.75, 3.05) is 36.5 Å². The second-order valence-corrected chi connectivity index (χ2v) is 7.59. The molecule has 3 heterocycles. The van der Waals surface area contributed by atoms with Gasteiger partial charge >= 0.3 is 0 Å². The van der Waals surface area contributed by atoms with Crippen LogP contribution < -0.4 is 10.2 Å². The molecule has 6 heteroatoms. The van der Waals surface area contributed by atoms with E-state index in [1.807, 2.05) is 6.07 Å². The van der Waals surface area contributed by atoms with E-state index in [0.29, 0.717) is 5.95 Å². The highest BCUT2D eigenvalue weighted by molar-refractivity contribution is 7.17. The molecule has 0 atom stereocenters. The monoisotopic (exact) mass is 388 g/mol. The molecule has 0 saturated carbocycles. The molecule has 0 radical (unpaired) electrons. The number of fused-ring (bicyclic) bond motifs is 1. The Hall–Kier alpha value is -2.96. The minimum atomic E-state index is 0.604. The first-order chi connectivity index (χ1) is 13.9. The number of morpholine rings is 1. The average Bonchev–Trinajstić information content (AvgIpc) is 3.19. The van der Waals surface area contributed by atoms with Crippen LogP contribution in [0.25, 0.3) is 21.3 Å². The summed E-state index contributed by atoms with van der Waals surface area (Å²) in [7, 11) is 0. The molecule has 140 valence electrons. The number of hydrogen-bond donors (Lipinski definition) is 1. The maximum atomic E-state index is 5.42. The van der Waals surface area contributed by atoms with Gasteiger partial charge < -0.3 is 15.0 Å². The molecule has 1 aliphatic heterocycles. The van der Waals surface area contributed by atoms with E-state index in [1.165, 1.54) is 15.8 Å². The van der Waals surface area contributed by atoms with E-state index in [2.05, 4.69) is 69.1 Å². The van der Waals surface area contributed by atoms with E-state index in [-0.39, 0.29) is 0 Å². The van der Waals surface area contributed by atoms with Crippen LogP contribution in [0, 0.1) is 0 Å². The van der Waals surface area contributed by atoms with Crippen LogP contribution in [0.5, 0.6) is 0 Å². The maximum Gasteiger partial charge on any atom is 0.227 e. The van der Waals surface area contributed by atoms with Crippen LogP contribution in [0.3, 0.4) is 0 Å². The topological polar surface area (TPSA) is 50.3 Å². The van der Waals surface area contributed by atoms with E-state index < -0.39 is 0 Å². The largest absolute Gasteiger partial charge is 0.378 e. The molecule has 0 spiro atoms. The van der Waals surface area contributed by atoms with Crippen molar-refractivity contribution in [3.63, 3.8) is 0 Å². The van der Waals surface area contributed by atoms with Crippen LogP contribution in [0.4, 0.5) is 17.3 Å². The van der Waals surface area contributed by atoms with Crippen molar-refractivity contribution in [2.24, 2.45) is 0 Å². The van der Waals surface area contributed by atoms with Crippen LogP contribution in [0.2, 0.25) is 0 Å². The number of benzene rings is 2. The van der Waals surface area contributed by atoms with Gasteiger partial charge in [-0.2, -0.15) is 0 Å². The lowest BCUT2D eigenvalue weighted by Gasteiger charge is -2.28. The van der Waals surface area contributed by atoms with Crippen molar-refractivity contribution >= 4 is 38.7 Å². The predicted octanol–water partition coefficient (Wildman–Crippen LogP) is 4.94. The lowest BCUT2D eigenvalue weighted by Crippen LogP contribution is -2.36. The average molecular weight is 388 g/mol. The quantitative estimate of drug-likeness (QED) is 0.537. The van der Waals surface area contributed by atoms with Crippen LogP contribution in [-0.2, 0) is 4.74 Å². The van der Waals surface area contributed by atoms with Gasteiger partial charge in [0.15, 0.2) is 0 Å². The van der Waals surface area contributed by atoms with Gasteiger partial charge in [0.1, 0.15) is 0 Å². The summed E-state index contributed by atoms with van der Waals surface area (Å²) >= 11 is 1.74. The summed E-state index contributed by atoms with van der Waals surface area (Å²) in [5.74, 6) is 0.604. The molecule has 1 saturated heterocycles. The number of ether oxygens (including phenoxy) is 1. The number of nitrogens with one attached hydrogen (secondary N) is 1. The van der Waals surface area contributed by atoms with Crippen molar-refractivity contribution in [2.45, 2.75) is 0 Å². The molecule has 5 rings (SSSR count). The van der Waals surface area contributed by atoms with E-state index in [1.54, 1.807) is 17.5 Å². The minimum Gasteiger partial charge on any atom is -0.378 e. The van der Waals surface area contributed by atoms with E-state index in [0.717, 1.165) is 43.2 Å². The molecule has 0 unspecified atom stereocenters. The number of hydrogen-bond acceptors (Lipinski definition) is 6. The fraction of sp³-hybridized carbons (Fsp3) is 0.182. The number of rotatable bonds is 4. The third-order valence-electron chi connectivity index (χ3n) is 4.91. The Kier molecular flexibility index (Phi) is 4.64. The van der Waals surface area contributed by atoms with Crippen molar-refractivity contribution in [3.05, 3.63) is 66.2 Å². The molecule has 0 amide bonds. The number of anilines is 3. The van der Waals surface area contributed by atoms with Gasteiger partial charge in [-0.1, -0.05) is 18.2 Å². The highest BCUT2D eigenvalue weighted by Crippen LogP contribution is 2.33. The Balaban J connectivity index is 1.37. The molecule has 1 fully saturated rings. The fourth-order valence-corrected chi connectivity index (χ4v) is 4.41. The third-order valence-corrected chi connectivity index (χ3v) is 5.88. The zero-order valence-corrected chi connectivity index (χ0v) is 16.2. The summed E-state index contributed by atoms with van der Waals surface area (Å²) in [5.41, 5.74) is 4.27. The highest BCUT2D eigenvalue weighted by atomic mass is 32.1. The lowest BCUT2D eigenvalue weighted by molar-refractivity contribution is 0.122. The number of aromatic nitrogens is 2. The van der Waals surface area contributed by atoms with Gasteiger partial charge in [0.2, 0.25) is 5.95 Å². The van der Waals surface area contributed by atoms with Gasteiger partial charge in [0.25, 0.3) is 0 Å². The molecule has 5 nitrogen and oxygen atoms in total. The van der Waals surface area contributed by atoms with Gasteiger partial charge in [-0.05, 0) is 36.4 Å². The Labute approximate surface area is 167 Å². The smallest absolute Gasteiger partial charge is 0.227 e. The molecule has 28 heavy (non-hydrogen) atoms. The zero-order chi connectivity index (χ0) is 18.8. The Morgan fingerprint density at radius 2 is 1.79 bits per heavy atom. The molecule has 1 N–H and O–H groups in total. The molecule has 0 bridgehead atoms. The number of thiophene rings is 1. The Bertz CT molecular complexity index is 1090. The Morgan fingerprint density at radius 3 is 2.64 bits per heavy atom. The normalized spacial score (nSPS) is 14.4. The maximum absolute atomic E-state index is 5.42. The van der Waals surface area contributed by atoms with Crippen LogP contribution in [0.15, 0.2) is 66.2 Å². The van der Waals surface area contributed by atoms with Gasteiger partial charge in [-0.25, -0.2) is 9.97 Å². The van der Waals surface area contributed by atoms with Gasteiger partial charge in [0.05, 0.1) is 18.9 Å².